The fraction of sp³-hybridized carbons (Fsp3) is 0.775. The lowest BCUT2D eigenvalue weighted by Gasteiger charge is -2.63. The summed E-state index contributed by atoms with van der Waals surface area (Å²) in [5, 5.41) is 11.0. The molecule has 4 aliphatic rings. The Hall–Kier alpha value is -1.87. The van der Waals surface area contributed by atoms with Crippen molar-refractivity contribution in [2.45, 2.75) is 160 Å². The molecule has 1 N–H and O–H groups in total. The smallest absolute Gasteiger partial charge is 0.306 e. The Balaban J connectivity index is 1.37. The van der Waals surface area contributed by atoms with Gasteiger partial charge < -0.3 is 9.84 Å². The number of aliphatic hydroxyl groups is 1. The van der Waals surface area contributed by atoms with E-state index in [4.69, 9.17) is 4.74 Å². The molecule has 0 saturated heterocycles. The standard InChI is InChI=1S/C40H59F3O5S/c1-5-6-7-8-9-10-11-12-13-14-15-16-17-18-19-20-35(46)48-40(36(47)49-27-41)28(2)23-30-31-25-33(42)32-24-29(44)21-22-37(32,3)39(31,43)34(45)26-38(30,40)4/h15-16,21-22,24,28,30-31,33-34,45H,5-14,17-20,23,25-27H2,1-4H3/b16-15-/t28-,30?,31?,33+,34+,37+,38+,39+,40+/m1/s1. The number of aliphatic hydroxyl groups excluding tert-OH is 1. The molecule has 3 fully saturated rings. The number of carbonyl (C=O) groups excluding carboxylic acids is 3. The highest BCUT2D eigenvalue weighted by molar-refractivity contribution is 8.13. The van der Waals surface area contributed by atoms with E-state index >= 15 is 8.78 Å². The van der Waals surface area contributed by atoms with Crippen molar-refractivity contribution in [3.63, 3.8) is 0 Å². The van der Waals surface area contributed by atoms with Gasteiger partial charge in [-0.3, -0.25) is 14.4 Å². The highest BCUT2D eigenvalue weighted by atomic mass is 32.2. The predicted molar refractivity (Wildman–Crippen MR) is 190 cm³/mol. The van der Waals surface area contributed by atoms with Gasteiger partial charge in [0.15, 0.2) is 17.1 Å². The molecular weight excluding hydrogens is 649 g/mol. The van der Waals surface area contributed by atoms with Crippen molar-refractivity contribution in [3.05, 3.63) is 36.0 Å². The van der Waals surface area contributed by atoms with Gasteiger partial charge in [-0.15, -0.1) is 0 Å². The number of halogens is 3. The first-order valence-corrected chi connectivity index (χ1v) is 19.9. The minimum Gasteiger partial charge on any atom is -0.449 e. The molecule has 3 saturated carbocycles. The van der Waals surface area contributed by atoms with Crippen LogP contribution in [0.1, 0.15) is 137 Å². The van der Waals surface area contributed by atoms with Crippen LogP contribution in [0.3, 0.4) is 0 Å². The average Bonchev–Trinajstić information content (AvgIpc) is 3.27. The summed E-state index contributed by atoms with van der Waals surface area (Å²) in [4.78, 5) is 39.4. The van der Waals surface area contributed by atoms with E-state index in [1.807, 2.05) is 0 Å². The third-order valence-electron chi connectivity index (χ3n) is 12.6. The van der Waals surface area contributed by atoms with Crippen molar-refractivity contribution in [2.24, 2.45) is 28.6 Å². The van der Waals surface area contributed by atoms with Crippen LogP contribution in [0.25, 0.3) is 0 Å². The summed E-state index contributed by atoms with van der Waals surface area (Å²) < 4.78 is 53.3. The Morgan fingerprint density at radius 2 is 1.59 bits per heavy atom. The molecule has 0 amide bonds. The van der Waals surface area contributed by atoms with Crippen molar-refractivity contribution in [1.29, 1.82) is 0 Å². The second-order valence-electron chi connectivity index (χ2n) is 15.6. The molecule has 0 bridgehead atoms. The predicted octanol–water partition coefficient (Wildman–Crippen LogP) is 10.1. The molecule has 9 atom stereocenters. The van der Waals surface area contributed by atoms with Crippen molar-refractivity contribution in [2.75, 3.05) is 6.01 Å². The summed E-state index contributed by atoms with van der Waals surface area (Å²) in [7, 11) is 0. The second-order valence-corrected chi connectivity index (χ2v) is 16.5. The van der Waals surface area contributed by atoms with Gasteiger partial charge in [0.1, 0.15) is 12.2 Å². The molecule has 4 aliphatic carbocycles. The van der Waals surface area contributed by atoms with Crippen molar-refractivity contribution < 1.29 is 37.4 Å². The molecule has 0 aromatic carbocycles. The van der Waals surface area contributed by atoms with Crippen LogP contribution in [-0.2, 0) is 19.1 Å². The van der Waals surface area contributed by atoms with Crippen LogP contribution in [-0.4, -0.2) is 51.5 Å². The summed E-state index contributed by atoms with van der Waals surface area (Å²) in [6.07, 6.45) is 19.5. The van der Waals surface area contributed by atoms with Gasteiger partial charge in [0.25, 0.3) is 0 Å². The van der Waals surface area contributed by atoms with Gasteiger partial charge in [-0.1, -0.05) is 90.4 Å². The lowest BCUT2D eigenvalue weighted by atomic mass is 9.44. The van der Waals surface area contributed by atoms with Gasteiger partial charge in [-0.25, -0.2) is 13.2 Å². The van der Waals surface area contributed by atoms with E-state index in [1.54, 1.807) is 13.8 Å². The Labute approximate surface area is 296 Å². The molecule has 9 heteroatoms. The summed E-state index contributed by atoms with van der Waals surface area (Å²) in [5.74, 6) is -3.27. The molecule has 5 nitrogen and oxygen atoms in total. The number of fused-ring (bicyclic) bond motifs is 5. The summed E-state index contributed by atoms with van der Waals surface area (Å²) in [5.41, 5.74) is -6.92. The van der Waals surface area contributed by atoms with Crippen LogP contribution in [0, 0.1) is 28.6 Å². The van der Waals surface area contributed by atoms with Crippen molar-refractivity contribution in [1.82, 2.24) is 0 Å². The number of hydrogen-bond donors (Lipinski definition) is 1. The number of carbonyl (C=O) groups is 3. The van der Waals surface area contributed by atoms with Gasteiger partial charge in [0, 0.05) is 29.1 Å². The zero-order valence-corrected chi connectivity index (χ0v) is 30.9. The third kappa shape index (κ3) is 7.68. The molecule has 0 aliphatic heterocycles. The number of rotatable bonds is 18. The summed E-state index contributed by atoms with van der Waals surface area (Å²) in [6, 6.07) is -1.02. The molecule has 0 heterocycles. The van der Waals surface area contributed by atoms with Gasteiger partial charge in [-0.2, -0.15) is 0 Å². The van der Waals surface area contributed by atoms with Crippen LogP contribution in [0.15, 0.2) is 36.0 Å². The van der Waals surface area contributed by atoms with Crippen LogP contribution < -0.4 is 0 Å². The van der Waals surface area contributed by atoms with Crippen LogP contribution in [0.5, 0.6) is 0 Å². The number of ketones is 1. The lowest BCUT2D eigenvalue weighted by molar-refractivity contribution is -0.228. The Morgan fingerprint density at radius 1 is 0.980 bits per heavy atom. The molecule has 0 radical (unpaired) electrons. The maximum atomic E-state index is 17.6. The number of thioether (sulfide) groups is 1. The number of esters is 1. The molecule has 4 rings (SSSR count). The fourth-order valence-electron chi connectivity index (χ4n) is 9.95. The zero-order chi connectivity index (χ0) is 35.9. The fourth-order valence-corrected chi connectivity index (χ4v) is 10.7. The number of alkyl halides is 3. The van der Waals surface area contributed by atoms with E-state index in [2.05, 4.69) is 19.1 Å². The van der Waals surface area contributed by atoms with Gasteiger partial charge >= 0.3 is 5.97 Å². The molecule has 0 aromatic rings. The van der Waals surface area contributed by atoms with E-state index < -0.39 is 75.0 Å². The number of ether oxygens (including phenoxy) is 1. The first kappa shape index (κ1) is 39.9. The summed E-state index contributed by atoms with van der Waals surface area (Å²) >= 11 is 0.425. The van der Waals surface area contributed by atoms with Crippen molar-refractivity contribution >= 4 is 28.6 Å². The normalized spacial score (nSPS) is 36.7. The highest BCUT2D eigenvalue weighted by Crippen LogP contribution is 2.72. The topological polar surface area (TPSA) is 80.7 Å². The molecular formula is C40H59F3O5S. The number of allylic oxidation sites excluding steroid dienone is 6. The number of hydrogen-bond acceptors (Lipinski definition) is 6. The van der Waals surface area contributed by atoms with Crippen LogP contribution in [0.2, 0.25) is 0 Å². The Bertz CT molecular complexity index is 1270. The minimum atomic E-state index is -2.32. The Morgan fingerprint density at radius 3 is 2.22 bits per heavy atom. The molecule has 276 valence electrons. The Kier molecular flexibility index (Phi) is 13.9. The summed E-state index contributed by atoms with van der Waals surface area (Å²) in [6.45, 7) is 7.23. The largest absolute Gasteiger partial charge is 0.449 e. The van der Waals surface area contributed by atoms with E-state index in [1.165, 1.54) is 76.9 Å². The zero-order valence-electron chi connectivity index (χ0n) is 30.1. The first-order valence-electron chi connectivity index (χ1n) is 18.9. The maximum Gasteiger partial charge on any atom is 0.306 e. The van der Waals surface area contributed by atoms with Crippen LogP contribution in [0.4, 0.5) is 13.2 Å². The quantitative estimate of drug-likeness (QED) is 0.0868. The van der Waals surface area contributed by atoms with E-state index in [0.717, 1.165) is 25.3 Å². The molecule has 0 aromatic heterocycles. The second kappa shape index (κ2) is 17.1. The van der Waals surface area contributed by atoms with E-state index in [-0.39, 0.29) is 31.3 Å². The molecule has 49 heavy (non-hydrogen) atoms. The SMILES string of the molecule is CCCCCCCCCCC/C=C\CCCCC(=O)O[C@]1(C(=O)SCF)[C@H](C)CC2C3C[C@H](F)C4=CC(=O)C=C[C@]4(C)[C@@]3(F)[C@@H](O)C[C@@]21C. The maximum absolute atomic E-state index is 17.6. The van der Waals surface area contributed by atoms with E-state index in [0.29, 0.717) is 18.2 Å². The van der Waals surface area contributed by atoms with Gasteiger partial charge in [0.05, 0.1) is 6.10 Å². The van der Waals surface area contributed by atoms with Crippen LogP contribution >= 0.6 is 11.8 Å². The highest BCUT2D eigenvalue weighted by Gasteiger charge is 2.78. The first-order chi connectivity index (χ1) is 23.3. The average molecular weight is 709 g/mol. The van der Waals surface area contributed by atoms with Crippen molar-refractivity contribution in [3.8, 4) is 0 Å². The lowest BCUT2D eigenvalue weighted by Crippen LogP contribution is -2.70. The third-order valence-corrected chi connectivity index (χ3v) is 13.2. The van der Waals surface area contributed by atoms with Gasteiger partial charge in [-0.05, 0) is 93.7 Å². The number of unbranched alkanes of at least 4 members (excludes halogenated alkanes) is 11. The van der Waals surface area contributed by atoms with E-state index in [9.17, 15) is 23.9 Å². The molecule has 2 unspecified atom stereocenters. The molecule has 0 spiro atoms. The van der Waals surface area contributed by atoms with Gasteiger partial charge in [0.2, 0.25) is 5.12 Å². The minimum absolute atomic E-state index is 0.0209. The monoisotopic (exact) mass is 708 g/mol.